The van der Waals surface area contributed by atoms with Gasteiger partial charge in [0.05, 0.1) is 0 Å². The Morgan fingerprint density at radius 2 is 1.66 bits per heavy atom. The van der Waals surface area contributed by atoms with Crippen LogP contribution < -0.4 is 0 Å². The van der Waals surface area contributed by atoms with E-state index in [1.54, 1.807) is 16.0 Å². The summed E-state index contributed by atoms with van der Waals surface area (Å²) in [5.41, 5.74) is 3.33. The van der Waals surface area contributed by atoms with Gasteiger partial charge >= 0.3 is 0 Å². The van der Waals surface area contributed by atoms with Crippen molar-refractivity contribution in [2.45, 2.75) is 103 Å². The van der Waals surface area contributed by atoms with E-state index in [1.165, 1.54) is 93.6 Å². The van der Waals surface area contributed by atoms with E-state index in [9.17, 15) is 0 Å². The van der Waals surface area contributed by atoms with Gasteiger partial charge in [0.2, 0.25) is 0 Å². The van der Waals surface area contributed by atoms with E-state index in [-0.39, 0.29) is 0 Å². The van der Waals surface area contributed by atoms with Gasteiger partial charge in [-0.25, -0.2) is 0 Å². The fourth-order valence-electron chi connectivity index (χ4n) is 5.80. The molecule has 0 aliphatic heterocycles. The second-order valence-electron chi connectivity index (χ2n) is 9.81. The second kappa shape index (κ2) is 10.3. The molecular formula is C28H40S. The maximum absolute atomic E-state index is 2.57. The maximum Gasteiger partial charge on any atom is 0.0348 e. The molecule has 2 aliphatic carbocycles. The lowest BCUT2D eigenvalue weighted by Crippen LogP contribution is -2.13. The van der Waals surface area contributed by atoms with Gasteiger partial charge in [-0.1, -0.05) is 63.3 Å². The fraction of sp³-hybridized carbons (Fsp3) is 0.643. The van der Waals surface area contributed by atoms with E-state index < -0.39 is 0 Å². The van der Waals surface area contributed by atoms with Crippen molar-refractivity contribution < 1.29 is 0 Å². The van der Waals surface area contributed by atoms with Gasteiger partial charge in [0.25, 0.3) is 0 Å². The van der Waals surface area contributed by atoms with Crippen molar-refractivity contribution in [3.05, 3.63) is 46.4 Å². The number of hydrogen-bond acceptors (Lipinski definition) is 1. The Labute approximate surface area is 182 Å². The normalized spacial score (nSPS) is 25.3. The van der Waals surface area contributed by atoms with Crippen LogP contribution in [-0.2, 0) is 6.42 Å². The molecule has 0 nitrogen and oxygen atoms in total. The van der Waals surface area contributed by atoms with Crippen LogP contribution in [0.5, 0.6) is 0 Å². The number of fused-ring (bicyclic) bond motifs is 1. The third kappa shape index (κ3) is 5.54. The molecule has 0 spiro atoms. The van der Waals surface area contributed by atoms with Gasteiger partial charge in [0.1, 0.15) is 0 Å². The van der Waals surface area contributed by atoms with Gasteiger partial charge in [-0.3, -0.25) is 0 Å². The number of rotatable bonds is 8. The lowest BCUT2D eigenvalue weighted by Gasteiger charge is -2.28. The predicted molar refractivity (Wildman–Crippen MR) is 130 cm³/mol. The zero-order valence-electron chi connectivity index (χ0n) is 18.7. The first-order chi connectivity index (χ1) is 14.2. The smallest absolute Gasteiger partial charge is 0.0348 e. The summed E-state index contributed by atoms with van der Waals surface area (Å²) in [5.74, 6) is 2.77. The molecule has 1 aromatic heterocycles. The van der Waals surface area contributed by atoms with Crippen LogP contribution in [-0.4, -0.2) is 0 Å². The van der Waals surface area contributed by atoms with Gasteiger partial charge in [-0.2, -0.15) is 0 Å². The Kier molecular flexibility index (Phi) is 7.51. The molecule has 0 radical (unpaired) electrons. The summed E-state index contributed by atoms with van der Waals surface area (Å²) in [6.45, 7) is 4.66. The second-order valence-corrected chi connectivity index (χ2v) is 11.0. The lowest BCUT2D eigenvalue weighted by atomic mass is 9.77. The number of hydrogen-bond donors (Lipinski definition) is 0. The van der Waals surface area contributed by atoms with Crippen molar-refractivity contribution in [3.8, 4) is 0 Å². The first-order valence-electron chi connectivity index (χ1n) is 12.5. The van der Waals surface area contributed by atoms with Crippen LogP contribution in [0.15, 0.2) is 35.9 Å². The molecule has 1 unspecified atom stereocenters. The topological polar surface area (TPSA) is 0 Å². The monoisotopic (exact) mass is 408 g/mol. The van der Waals surface area contributed by atoms with Crippen LogP contribution in [0.2, 0.25) is 0 Å². The summed E-state index contributed by atoms with van der Waals surface area (Å²) >= 11 is 2.05. The number of allylic oxidation sites excluding steroid dienone is 2. The minimum Gasteiger partial charge on any atom is -0.140 e. The van der Waals surface area contributed by atoms with Crippen molar-refractivity contribution in [3.63, 3.8) is 0 Å². The number of benzene rings is 1. The van der Waals surface area contributed by atoms with Crippen LogP contribution >= 0.6 is 11.3 Å². The van der Waals surface area contributed by atoms with Crippen molar-refractivity contribution >= 4 is 21.4 Å². The van der Waals surface area contributed by atoms with Gasteiger partial charge in [0, 0.05) is 9.58 Å². The standard InChI is InChI=1S/C28H40S/c1-3-5-21-7-9-23(10-8-21)13-18-27-19-26-17-16-25(20-28(26)29-27)24-14-11-22(6-4-2)12-15-24/h9,16-17,19-22,24H,3-8,10-15,18H2,1-2H3. The van der Waals surface area contributed by atoms with E-state index >= 15 is 0 Å². The minimum absolute atomic E-state index is 0.807. The van der Waals surface area contributed by atoms with Crippen molar-refractivity contribution in [1.82, 2.24) is 0 Å². The quantitative estimate of drug-likeness (QED) is 0.381. The molecule has 1 aromatic carbocycles. The predicted octanol–water partition coefficient (Wildman–Crippen LogP) is 9.43. The van der Waals surface area contributed by atoms with Crippen LogP contribution in [0, 0.1) is 11.8 Å². The molecule has 1 fully saturated rings. The van der Waals surface area contributed by atoms with Crippen LogP contribution in [0.3, 0.4) is 0 Å². The van der Waals surface area contributed by atoms with Gasteiger partial charge < -0.3 is 0 Å². The molecule has 158 valence electrons. The highest BCUT2D eigenvalue weighted by atomic mass is 32.1. The molecule has 2 aliphatic rings. The van der Waals surface area contributed by atoms with Crippen LogP contribution in [0.4, 0.5) is 0 Å². The van der Waals surface area contributed by atoms with Gasteiger partial charge in [-0.05, 0) is 98.6 Å². The van der Waals surface area contributed by atoms with E-state index in [2.05, 4.69) is 55.5 Å². The highest BCUT2D eigenvalue weighted by Crippen LogP contribution is 2.39. The zero-order chi connectivity index (χ0) is 20.1. The highest BCUT2D eigenvalue weighted by Gasteiger charge is 2.22. The van der Waals surface area contributed by atoms with Crippen molar-refractivity contribution in [2.24, 2.45) is 11.8 Å². The Morgan fingerprint density at radius 3 is 2.38 bits per heavy atom. The van der Waals surface area contributed by atoms with E-state index in [0.29, 0.717) is 0 Å². The van der Waals surface area contributed by atoms with Gasteiger partial charge in [-0.15, -0.1) is 11.3 Å². The molecule has 1 heteroatoms. The fourth-order valence-corrected chi connectivity index (χ4v) is 6.91. The molecule has 1 atom stereocenters. The third-order valence-corrected chi connectivity index (χ3v) is 8.77. The molecule has 0 N–H and O–H groups in total. The molecule has 2 aromatic rings. The maximum atomic E-state index is 2.57. The molecule has 1 saturated carbocycles. The highest BCUT2D eigenvalue weighted by molar-refractivity contribution is 7.19. The third-order valence-electron chi connectivity index (χ3n) is 7.61. The summed E-state index contributed by atoms with van der Waals surface area (Å²) in [6, 6.07) is 9.83. The average Bonchev–Trinajstić information content (AvgIpc) is 3.16. The first kappa shape index (κ1) is 21.2. The summed E-state index contributed by atoms with van der Waals surface area (Å²) in [4.78, 5) is 1.58. The Hall–Kier alpha value is -1.08. The van der Waals surface area contributed by atoms with E-state index in [0.717, 1.165) is 17.8 Å². The van der Waals surface area contributed by atoms with Crippen molar-refractivity contribution in [1.29, 1.82) is 0 Å². The largest absolute Gasteiger partial charge is 0.140 e. The summed E-state index contributed by atoms with van der Waals surface area (Å²) in [5, 5.41) is 1.47. The van der Waals surface area contributed by atoms with E-state index in [1.807, 2.05) is 0 Å². The molecule has 0 saturated heterocycles. The summed E-state index contributed by atoms with van der Waals surface area (Å²) in [7, 11) is 0. The minimum atomic E-state index is 0.807. The zero-order valence-corrected chi connectivity index (χ0v) is 19.5. The number of thiophene rings is 1. The molecule has 29 heavy (non-hydrogen) atoms. The molecule has 0 bridgehead atoms. The van der Waals surface area contributed by atoms with Crippen LogP contribution in [0.25, 0.3) is 10.1 Å². The number of aryl methyl sites for hydroxylation is 1. The molecule has 1 heterocycles. The first-order valence-corrected chi connectivity index (χ1v) is 13.3. The molecule has 0 amide bonds. The molecular weight excluding hydrogens is 368 g/mol. The Morgan fingerprint density at radius 1 is 0.862 bits per heavy atom. The van der Waals surface area contributed by atoms with E-state index in [4.69, 9.17) is 0 Å². The van der Waals surface area contributed by atoms with Gasteiger partial charge in [0.15, 0.2) is 0 Å². The Bertz CT molecular complexity index is 803. The molecule has 4 rings (SSSR count). The van der Waals surface area contributed by atoms with Crippen molar-refractivity contribution in [2.75, 3.05) is 0 Å². The lowest BCUT2D eigenvalue weighted by molar-refractivity contribution is 0.308. The Balaban J connectivity index is 1.34. The average molecular weight is 409 g/mol. The summed E-state index contributed by atoms with van der Waals surface area (Å²) in [6.07, 6.45) is 20.5. The van der Waals surface area contributed by atoms with Crippen LogP contribution in [0.1, 0.15) is 107 Å². The summed E-state index contributed by atoms with van der Waals surface area (Å²) < 4.78 is 1.52. The SMILES string of the molecule is CCCC1CC=C(CCc2cc3ccc(C4CCC(CCC)CC4)cc3s2)CC1.